The van der Waals surface area contributed by atoms with Gasteiger partial charge in [0.1, 0.15) is 11.2 Å². The standard InChI is InChI=1S/C16H23NO3/c1-15(2,3)20-14(18)17-11-10-13(17)16(4,19)12-8-6-5-7-9-12/h5-9,13,19H,10-11H2,1-4H3/t13?,16-/m1/s1. The van der Waals surface area contributed by atoms with Gasteiger partial charge in [-0.05, 0) is 39.7 Å². The van der Waals surface area contributed by atoms with Crippen molar-refractivity contribution < 1.29 is 14.6 Å². The van der Waals surface area contributed by atoms with Crippen molar-refractivity contribution >= 4 is 6.09 Å². The van der Waals surface area contributed by atoms with Crippen LogP contribution in [0.2, 0.25) is 0 Å². The first-order valence-electron chi connectivity index (χ1n) is 6.99. The van der Waals surface area contributed by atoms with Crippen LogP contribution in [0.1, 0.15) is 39.7 Å². The monoisotopic (exact) mass is 277 g/mol. The van der Waals surface area contributed by atoms with Gasteiger partial charge >= 0.3 is 6.09 Å². The molecule has 4 nitrogen and oxygen atoms in total. The summed E-state index contributed by atoms with van der Waals surface area (Å²) in [6, 6.07) is 9.21. The lowest BCUT2D eigenvalue weighted by Crippen LogP contribution is -2.61. The second-order valence-electron chi connectivity index (χ2n) is 6.49. The van der Waals surface area contributed by atoms with Crippen LogP contribution in [0.3, 0.4) is 0 Å². The van der Waals surface area contributed by atoms with Crippen molar-refractivity contribution in [2.75, 3.05) is 6.54 Å². The number of likely N-dealkylation sites (tertiary alicyclic amines) is 1. The fourth-order valence-corrected chi connectivity index (χ4v) is 2.48. The first-order valence-corrected chi connectivity index (χ1v) is 6.99. The SMILES string of the molecule is CC(C)(C)OC(=O)N1CCC1[C@](C)(O)c1ccccc1. The second-order valence-corrected chi connectivity index (χ2v) is 6.49. The molecule has 0 radical (unpaired) electrons. The maximum absolute atomic E-state index is 12.1. The van der Waals surface area contributed by atoms with Crippen molar-refractivity contribution in [2.24, 2.45) is 0 Å². The Morgan fingerprint density at radius 3 is 2.30 bits per heavy atom. The number of rotatable bonds is 2. The fraction of sp³-hybridized carbons (Fsp3) is 0.562. The average Bonchev–Trinajstić information content (AvgIpc) is 2.25. The molecule has 0 aliphatic carbocycles. The average molecular weight is 277 g/mol. The molecule has 110 valence electrons. The predicted molar refractivity (Wildman–Crippen MR) is 77.4 cm³/mol. The molecular formula is C16H23NO3. The lowest BCUT2D eigenvalue weighted by molar-refractivity contribution is -0.0890. The van der Waals surface area contributed by atoms with Gasteiger partial charge in [-0.1, -0.05) is 30.3 Å². The number of hydrogen-bond donors (Lipinski definition) is 1. The van der Waals surface area contributed by atoms with Crippen molar-refractivity contribution in [3.63, 3.8) is 0 Å². The first kappa shape index (κ1) is 14.9. The normalized spacial score (nSPS) is 21.9. The Balaban J connectivity index is 2.12. The van der Waals surface area contributed by atoms with E-state index in [1.54, 1.807) is 11.8 Å². The summed E-state index contributed by atoms with van der Waals surface area (Å²) >= 11 is 0. The topological polar surface area (TPSA) is 49.8 Å². The van der Waals surface area contributed by atoms with Crippen LogP contribution in [-0.2, 0) is 10.3 Å². The van der Waals surface area contributed by atoms with E-state index in [1.807, 2.05) is 51.1 Å². The third-order valence-electron chi connectivity index (χ3n) is 3.65. The van der Waals surface area contributed by atoms with Crippen molar-refractivity contribution in [3.8, 4) is 0 Å². The molecule has 1 unspecified atom stereocenters. The summed E-state index contributed by atoms with van der Waals surface area (Å²) in [4.78, 5) is 13.7. The van der Waals surface area contributed by atoms with Crippen molar-refractivity contribution in [2.45, 2.75) is 51.4 Å². The van der Waals surface area contributed by atoms with Gasteiger partial charge in [-0.3, -0.25) is 0 Å². The number of ether oxygens (including phenoxy) is 1. The molecule has 1 heterocycles. The molecule has 1 fully saturated rings. The van der Waals surface area contributed by atoms with Gasteiger partial charge in [-0.15, -0.1) is 0 Å². The molecule has 1 N–H and O–H groups in total. The molecule has 0 bridgehead atoms. The highest BCUT2D eigenvalue weighted by atomic mass is 16.6. The molecule has 0 spiro atoms. The van der Waals surface area contributed by atoms with Gasteiger partial charge in [0.25, 0.3) is 0 Å². The van der Waals surface area contributed by atoms with Crippen molar-refractivity contribution in [1.29, 1.82) is 0 Å². The molecule has 0 saturated carbocycles. The van der Waals surface area contributed by atoms with Crippen LogP contribution >= 0.6 is 0 Å². The summed E-state index contributed by atoms with van der Waals surface area (Å²) in [5.41, 5.74) is -0.759. The maximum atomic E-state index is 12.1. The van der Waals surface area contributed by atoms with Gasteiger partial charge in [0, 0.05) is 6.54 Å². The zero-order valence-corrected chi connectivity index (χ0v) is 12.6. The minimum atomic E-state index is -1.06. The van der Waals surface area contributed by atoms with Crippen LogP contribution < -0.4 is 0 Å². The summed E-state index contributed by atoms with van der Waals surface area (Å²) in [7, 11) is 0. The maximum Gasteiger partial charge on any atom is 0.410 e. The number of nitrogens with zero attached hydrogens (tertiary/aromatic N) is 1. The van der Waals surface area contributed by atoms with E-state index in [-0.39, 0.29) is 12.1 Å². The predicted octanol–water partition coefficient (Wildman–Crippen LogP) is 2.90. The zero-order chi connectivity index (χ0) is 15.0. The third-order valence-corrected chi connectivity index (χ3v) is 3.65. The molecule has 20 heavy (non-hydrogen) atoms. The highest BCUT2D eigenvalue weighted by Gasteiger charge is 2.46. The van der Waals surface area contributed by atoms with Gasteiger partial charge < -0.3 is 14.7 Å². The number of benzene rings is 1. The molecule has 1 aliphatic heterocycles. The summed E-state index contributed by atoms with van der Waals surface area (Å²) in [5, 5.41) is 10.8. The number of aliphatic hydroxyl groups is 1. The van der Waals surface area contributed by atoms with Crippen LogP contribution in [0.4, 0.5) is 4.79 Å². The second kappa shape index (κ2) is 5.09. The lowest BCUT2D eigenvalue weighted by atomic mass is 9.81. The largest absolute Gasteiger partial charge is 0.444 e. The first-order chi connectivity index (χ1) is 9.22. The molecule has 1 saturated heterocycles. The van der Waals surface area contributed by atoms with E-state index < -0.39 is 11.2 Å². The number of amides is 1. The molecule has 2 atom stereocenters. The highest BCUT2D eigenvalue weighted by molar-refractivity contribution is 5.70. The summed E-state index contributed by atoms with van der Waals surface area (Å²) in [5.74, 6) is 0. The van der Waals surface area contributed by atoms with Gasteiger partial charge in [-0.25, -0.2) is 4.79 Å². The van der Waals surface area contributed by atoms with Gasteiger partial charge in [0.15, 0.2) is 0 Å². The van der Waals surface area contributed by atoms with Crippen molar-refractivity contribution in [1.82, 2.24) is 4.90 Å². The van der Waals surface area contributed by atoms with Crippen molar-refractivity contribution in [3.05, 3.63) is 35.9 Å². The minimum absolute atomic E-state index is 0.236. The van der Waals surface area contributed by atoms with Gasteiger partial charge in [0.2, 0.25) is 0 Å². The number of hydrogen-bond acceptors (Lipinski definition) is 3. The molecule has 2 rings (SSSR count). The molecule has 1 aliphatic rings. The third kappa shape index (κ3) is 2.96. The summed E-state index contributed by atoms with van der Waals surface area (Å²) < 4.78 is 5.38. The summed E-state index contributed by atoms with van der Waals surface area (Å²) in [6.45, 7) is 7.91. The zero-order valence-electron chi connectivity index (χ0n) is 12.6. The van der Waals surface area contributed by atoms with E-state index >= 15 is 0 Å². The molecule has 1 amide bonds. The Hall–Kier alpha value is -1.55. The Labute approximate surface area is 120 Å². The highest BCUT2D eigenvalue weighted by Crippen LogP contribution is 2.36. The van der Waals surface area contributed by atoms with Gasteiger partial charge in [-0.2, -0.15) is 0 Å². The quantitative estimate of drug-likeness (QED) is 0.904. The van der Waals surface area contributed by atoms with E-state index in [1.165, 1.54) is 0 Å². The Bertz CT molecular complexity index is 476. The fourth-order valence-electron chi connectivity index (χ4n) is 2.48. The van der Waals surface area contributed by atoms with E-state index in [0.717, 1.165) is 12.0 Å². The Kier molecular flexibility index (Phi) is 3.78. The Morgan fingerprint density at radius 1 is 1.25 bits per heavy atom. The van der Waals surface area contributed by atoms with E-state index in [4.69, 9.17) is 4.74 Å². The number of carbonyl (C=O) groups excluding carboxylic acids is 1. The number of carbonyl (C=O) groups is 1. The van der Waals surface area contributed by atoms with E-state index in [0.29, 0.717) is 6.54 Å². The van der Waals surface area contributed by atoms with Crippen LogP contribution in [-0.4, -0.2) is 34.3 Å². The van der Waals surface area contributed by atoms with Crippen LogP contribution in [0, 0.1) is 0 Å². The summed E-state index contributed by atoms with van der Waals surface area (Å²) in [6.07, 6.45) is 0.422. The van der Waals surface area contributed by atoms with E-state index in [2.05, 4.69) is 0 Å². The van der Waals surface area contributed by atoms with E-state index in [9.17, 15) is 9.90 Å². The van der Waals surface area contributed by atoms with Crippen LogP contribution in [0.15, 0.2) is 30.3 Å². The van der Waals surface area contributed by atoms with Crippen LogP contribution in [0.25, 0.3) is 0 Å². The molecule has 1 aromatic carbocycles. The molecular weight excluding hydrogens is 254 g/mol. The molecule has 4 heteroatoms. The minimum Gasteiger partial charge on any atom is -0.444 e. The Morgan fingerprint density at radius 2 is 1.85 bits per heavy atom. The smallest absolute Gasteiger partial charge is 0.410 e. The molecule has 1 aromatic rings. The van der Waals surface area contributed by atoms with Crippen LogP contribution in [0.5, 0.6) is 0 Å². The lowest BCUT2D eigenvalue weighted by Gasteiger charge is -2.48. The van der Waals surface area contributed by atoms with Gasteiger partial charge in [0.05, 0.1) is 6.04 Å². The molecule has 0 aromatic heterocycles.